The number of aryl methyl sites for hydroxylation is 2. The van der Waals surface area contributed by atoms with Crippen molar-refractivity contribution in [1.29, 1.82) is 0 Å². The van der Waals surface area contributed by atoms with Crippen molar-refractivity contribution >= 4 is 11.9 Å². The van der Waals surface area contributed by atoms with Gasteiger partial charge >= 0.3 is 5.97 Å². The fraction of sp³-hybridized carbons (Fsp3) is 0.333. The molecule has 3 aromatic rings. The molecule has 1 aliphatic heterocycles. The van der Waals surface area contributed by atoms with Crippen molar-refractivity contribution in [3.8, 4) is 0 Å². The van der Waals surface area contributed by atoms with Gasteiger partial charge in [0.2, 0.25) is 0 Å². The van der Waals surface area contributed by atoms with E-state index in [-0.39, 0.29) is 12.5 Å². The van der Waals surface area contributed by atoms with E-state index >= 15 is 0 Å². The van der Waals surface area contributed by atoms with Crippen LogP contribution in [0.1, 0.15) is 51.0 Å². The van der Waals surface area contributed by atoms with Gasteiger partial charge in [0.05, 0.1) is 13.2 Å². The minimum atomic E-state index is -0.432. The van der Waals surface area contributed by atoms with Gasteiger partial charge in [-0.15, -0.1) is 0 Å². The molecule has 3 heterocycles. The molecule has 1 amide bonds. The average Bonchev–Trinajstić information content (AvgIpc) is 3.18. The maximum Gasteiger partial charge on any atom is 0.359 e. The van der Waals surface area contributed by atoms with Crippen LogP contribution in [-0.2, 0) is 30.7 Å². The fourth-order valence-electron chi connectivity index (χ4n) is 3.95. The first-order valence-electron chi connectivity index (χ1n) is 10.7. The highest BCUT2D eigenvalue weighted by molar-refractivity contribution is 5.95. The number of fused-ring (bicyclic) bond motifs is 1. The van der Waals surface area contributed by atoms with E-state index in [9.17, 15) is 9.59 Å². The van der Waals surface area contributed by atoms with Gasteiger partial charge < -0.3 is 9.64 Å². The Balaban J connectivity index is 1.54. The second-order valence-corrected chi connectivity index (χ2v) is 7.53. The number of hydrogen-bond acceptors (Lipinski definition) is 5. The summed E-state index contributed by atoms with van der Waals surface area (Å²) in [5.74, 6) is -0.468. The molecular weight excluding hydrogens is 392 g/mol. The number of benzene rings is 1. The number of nitrogens with zero attached hydrogens (tertiary/aromatic N) is 4. The topological polar surface area (TPSA) is 77.3 Å². The van der Waals surface area contributed by atoms with Crippen LogP contribution in [0.3, 0.4) is 0 Å². The maximum atomic E-state index is 12.9. The third-order valence-corrected chi connectivity index (χ3v) is 5.47. The summed E-state index contributed by atoms with van der Waals surface area (Å²) in [4.78, 5) is 31.4. The highest BCUT2D eigenvalue weighted by atomic mass is 16.5. The molecule has 0 unspecified atom stereocenters. The van der Waals surface area contributed by atoms with Crippen molar-refractivity contribution < 1.29 is 14.3 Å². The molecule has 1 aromatic carbocycles. The lowest BCUT2D eigenvalue weighted by molar-refractivity contribution is 0.0513. The van der Waals surface area contributed by atoms with Crippen molar-refractivity contribution in [2.75, 3.05) is 13.2 Å². The Labute approximate surface area is 181 Å². The molecule has 0 radical (unpaired) electrons. The third-order valence-electron chi connectivity index (χ3n) is 5.47. The van der Waals surface area contributed by atoms with Gasteiger partial charge in [0.1, 0.15) is 0 Å². The zero-order valence-electron chi connectivity index (χ0n) is 17.7. The lowest BCUT2D eigenvalue weighted by Crippen LogP contribution is -2.36. The lowest BCUT2D eigenvalue weighted by atomic mass is 10.0. The van der Waals surface area contributed by atoms with Gasteiger partial charge in [0.15, 0.2) is 5.69 Å². The van der Waals surface area contributed by atoms with Crippen molar-refractivity contribution in [3.63, 3.8) is 0 Å². The quantitative estimate of drug-likeness (QED) is 0.550. The molecule has 0 N–H and O–H groups in total. The Kier molecular flexibility index (Phi) is 6.40. The summed E-state index contributed by atoms with van der Waals surface area (Å²) in [5.41, 5.74) is 3.96. The molecule has 0 spiro atoms. The number of ether oxygens (including phenoxy) is 1. The lowest BCUT2D eigenvalue weighted by Gasteiger charge is -2.28. The molecule has 2 aromatic heterocycles. The molecule has 0 saturated carbocycles. The minimum Gasteiger partial charge on any atom is -0.461 e. The summed E-state index contributed by atoms with van der Waals surface area (Å²) < 4.78 is 7.15. The number of carbonyl (C=O) groups excluding carboxylic acids is 2. The van der Waals surface area contributed by atoms with Crippen LogP contribution in [0.15, 0.2) is 54.9 Å². The van der Waals surface area contributed by atoms with Gasteiger partial charge in [-0.1, -0.05) is 24.3 Å². The third kappa shape index (κ3) is 4.66. The molecule has 4 rings (SSSR count). The van der Waals surface area contributed by atoms with Crippen LogP contribution >= 0.6 is 0 Å². The molecule has 160 valence electrons. The fourth-order valence-corrected chi connectivity index (χ4v) is 3.95. The van der Waals surface area contributed by atoms with Gasteiger partial charge in [0.25, 0.3) is 5.91 Å². The highest BCUT2D eigenvalue weighted by Crippen LogP contribution is 2.25. The molecular formula is C24H26N4O3. The number of hydrogen-bond donors (Lipinski definition) is 0. The molecule has 7 nitrogen and oxygen atoms in total. The predicted molar refractivity (Wildman–Crippen MR) is 116 cm³/mol. The molecule has 7 heteroatoms. The highest BCUT2D eigenvalue weighted by Gasteiger charge is 2.31. The summed E-state index contributed by atoms with van der Waals surface area (Å²) in [7, 11) is 0. The van der Waals surface area contributed by atoms with Gasteiger partial charge in [-0.05, 0) is 43.5 Å². The van der Waals surface area contributed by atoms with Crippen molar-refractivity contribution in [3.05, 3.63) is 82.9 Å². The maximum absolute atomic E-state index is 12.9. The number of pyridine rings is 1. The number of amides is 1. The molecule has 0 fully saturated rings. The number of aromatic nitrogens is 3. The van der Waals surface area contributed by atoms with E-state index in [1.807, 2.05) is 47.3 Å². The zero-order chi connectivity index (χ0) is 21.6. The summed E-state index contributed by atoms with van der Waals surface area (Å²) in [6, 6.07) is 13.2. The van der Waals surface area contributed by atoms with Crippen LogP contribution in [0.5, 0.6) is 0 Å². The van der Waals surface area contributed by atoms with E-state index in [0.717, 1.165) is 24.1 Å². The SMILES string of the molecule is CCOC(=O)c1nn(CCCc2cccnc2)c2c1CN(C(=O)c1ccccc1)CC2. The minimum absolute atomic E-state index is 0.0367. The summed E-state index contributed by atoms with van der Waals surface area (Å²) in [6.45, 7) is 3.72. The first kappa shape index (κ1) is 20.8. The predicted octanol–water partition coefficient (Wildman–Crippen LogP) is 3.29. The molecule has 0 bridgehead atoms. The molecule has 0 aliphatic carbocycles. The summed E-state index contributed by atoms with van der Waals surface area (Å²) in [6.07, 6.45) is 6.06. The van der Waals surface area contributed by atoms with Crippen LogP contribution in [0.25, 0.3) is 0 Å². The first-order chi connectivity index (χ1) is 15.2. The van der Waals surface area contributed by atoms with E-state index in [2.05, 4.69) is 16.1 Å². The Morgan fingerprint density at radius 1 is 1.13 bits per heavy atom. The Morgan fingerprint density at radius 2 is 1.97 bits per heavy atom. The van der Waals surface area contributed by atoms with Crippen molar-refractivity contribution in [2.45, 2.75) is 39.3 Å². The van der Waals surface area contributed by atoms with Crippen LogP contribution in [-0.4, -0.2) is 44.7 Å². The summed E-state index contributed by atoms with van der Waals surface area (Å²) in [5, 5.41) is 4.60. The van der Waals surface area contributed by atoms with E-state index in [4.69, 9.17) is 4.74 Å². The van der Waals surface area contributed by atoms with Gasteiger partial charge in [-0.3, -0.25) is 14.5 Å². The monoisotopic (exact) mass is 418 g/mol. The second-order valence-electron chi connectivity index (χ2n) is 7.53. The molecule has 1 aliphatic rings. The van der Waals surface area contributed by atoms with Gasteiger partial charge in [-0.2, -0.15) is 5.10 Å². The number of esters is 1. The van der Waals surface area contributed by atoms with E-state index < -0.39 is 5.97 Å². The van der Waals surface area contributed by atoms with Crippen molar-refractivity contribution in [2.24, 2.45) is 0 Å². The second kappa shape index (κ2) is 9.55. The molecule has 0 atom stereocenters. The van der Waals surface area contributed by atoms with E-state index in [1.54, 1.807) is 18.0 Å². The average molecular weight is 418 g/mol. The van der Waals surface area contributed by atoms with Crippen LogP contribution in [0.2, 0.25) is 0 Å². The van der Waals surface area contributed by atoms with Gasteiger partial charge in [-0.25, -0.2) is 4.79 Å². The normalized spacial score (nSPS) is 13.0. The molecule has 31 heavy (non-hydrogen) atoms. The standard InChI is InChI=1S/C24H26N4O3/c1-2-31-24(30)22-20-17-27(23(29)19-10-4-3-5-11-19)15-12-21(20)28(26-22)14-7-9-18-8-6-13-25-16-18/h3-6,8,10-11,13,16H,2,7,9,12,14-15,17H2,1H3. The number of carbonyl (C=O) groups is 2. The van der Waals surface area contributed by atoms with Crippen LogP contribution in [0, 0.1) is 0 Å². The Hall–Kier alpha value is -3.48. The van der Waals surface area contributed by atoms with E-state index in [1.165, 1.54) is 5.56 Å². The summed E-state index contributed by atoms with van der Waals surface area (Å²) >= 11 is 0. The van der Waals surface area contributed by atoms with Crippen LogP contribution < -0.4 is 0 Å². The smallest absolute Gasteiger partial charge is 0.359 e. The first-order valence-corrected chi connectivity index (χ1v) is 10.7. The zero-order valence-corrected chi connectivity index (χ0v) is 17.7. The number of rotatable bonds is 7. The van der Waals surface area contributed by atoms with Crippen LogP contribution in [0.4, 0.5) is 0 Å². The Bertz CT molecular complexity index is 1050. The van der Waals surface area contributed by atoms with Crippen molar-refractivity contribution in [1.82, 2.24) is 19.7 Å². The Morgan fingerprint density at radius 3 is 2.71 bits per heavy atom. The largest absolute Gasteiger partial charge is 0.461 e. The molecule has 0 saturated heterocycles. The van der Waals surface area contributed by atoms with Gasteiger partial charge in [0, 0.05) is 48.7 Å². The van der Waals surface area contributed by atoms with E-state index in [0.29, 0.717) is 37.3 Å².